The van der Waals surface area contributed by atoms with Gasteiger partial charge in [-0.1, -0.05) is 36.4 Å². The molecule has 6 rings (SSSR count). The summed E-state index contributed by atoms with van der Waals surface area (Å²) < 4.78 is 33.4. The number of sulfonamides is 1. The van der Waals surface area contributed by atoms with E-state index in [1.807, 2.05) is 36.4 Å². The van der Waals surface area contributed by atoms with Gasteiger partial charge in [-0.15, -0.1) is 11.3 Å². The first-order valence-electron chi connectivity index (χ1n) is 17.1. The Morgan fingerprint density at radius 3 is 2.18 bits per heavy atom. The third kappa shape index (κ3) is 7.68. The van der Waals surface area contributed by atoms with Crippen molar-refractivity contribution in [3.8, 4) is 0 Å². The lowest BCUT2D eigenvalue weighted by Gasteiger charge is -2.25. The summed E-state index contributed by atoms with van der Waals surface area (Å²) in [5, 5.41) is 12.1. The zero-order valence-corrected chi connectivity index (χ0v) is 30.2. The number of fused-ring (bicyclic) bond motifs is 1. The van der Waals surface area contributed by atoms with E-state index in [-0.39, 0.29) is 40.7 Å². The van der Waals surface area contributed by atoms with E-state index in [9.17, 15) is 27.6 Å². The number of carboxylic acids is 1. The van der Waals surface area contributed by atoms with Crippen molar-refractivity contribution >= 4 is 50.7 Å². The number of benzene rings is 3. The lowest BCUT2D eigenvalue weighted by atomic mass is 9.93. The average Bonchev–Trinajstić information content (AvgIpc) is 3.86. The van der Waals surface area contributed by atoms with Gasteiger partial charge in [0.15, 0.2) is 5.78 Å². The summed E-state index contributed by atoms with van der Waals surface area (Å²) in [6.07, 6.45) is 5.70. The van der Waals surface area contributed by atoms with Gasteiger partial charge in [0.2, 0.25) is 10.0 Å². The van der Waals surface area contributed by atoms with Crippen molar-refractivity contribution in [2.75, 3.05) is 19.0 Å². The summed E-state index contributed by atoms with van der Waals surface area (Å²) in [5.74, 6) is -2.12. The normalized spacial score (nSPS) is 14.8. The molecule has 1 heterocycles. The Morgan fingerprint density at radius 2 is 1.55 bits per heavy atom. The molecule has 0 bridgehead atoms. The number of aryl methyl sites for hydroxylation is 3. The Hall–Kier alpha value is -4.65. The van der Waals surface area contributed by atoms with E-state index < -0.39 is 27.5 Å². The van der Waals surface area contributed by atoms with Gasteiger partial charge in [-0.3, -0.25) is 14.4 Å². The minimum Gasteiger partial charge on any atom is -0.478 e. The van der Waals surface area contributed by atoms with Crippen LogP contribution in [-0.4, -0.2) is 60.7 Å². The number of hydrogen-bond donors (Lipinski definition) is 2. The molecule has 4 aromatic rings. The minimum absolute atomic E-state index is 0.0566. The quantitative estimate of drug-likeness (QED) is 0.110. The SMILES string of the molecule is CCOC(=O)C1(N(C)S(=O)(=O)c2cccc(C(=O)Cc3sc4c(c3C(=O)Nc3ccc(CCc5ccc(C(=O)O)cc5)cc3)CCCC4)c2)CC1. The van der Waals surface area contributed by atoms with Crippen molar-refractivity contribution in [2.45, 2.75) is 75.1 Å². The fourth-order valence-electron chi connectivity index (χ4n) is 6.56. The molecule has 1 amide bonds. The second kappa shape index (κ2) is 14.9. The lowest BCUT2D eigenvalue weighted by molar-refractivity contribution is -0.148. The monoisotopic (exact) mass is 728 g/mol. The predicted octanol–water partition coefficient (Wildman–Crippen LogP) is 6.50. The van der Waals surface area contributed by atoms with Crippen molar-refractivity contribution in [3.63, 3.8) is 0 Å². The molecule has 0 saturated heterocycles. The fourth-order valence-corrected chi connectivity index (χ4v) is 9.51. The number of esters is 1. The summed E-state index contributed by atoms with van der Waals surface area (Å²) in [6.45, 7) is 1.82. The Labute approximate surface area is 301 Å². The molecule has 51 heavy (non-hydrogen) atoms. The van der Waals surface area contributed by atoms with Gasteiger partial charge in [-0.25, -0.2) is 13.2 Å². The number of aromatic carboxylic acids is 1. The van der Waals surface area contributed by atoms with Gasteiger partial charge in [0.05, 0.1) is 22.6 Å². The van der Waals surface area contributed by atoms with Crippen LogP contribution in [0.25, 0.3) is 0 Å². The average molecular weight is 729 g/mol. The maximum absolute atomic E-state index is 13.8. The number of Topliss-reactive ketones (excluding diaryl/α,β-unsaturated/α-hetero) is 1. The lowest BCUT2D eigenvalue weighted by Crippen LogP contribution is -2.45. The number of anilines is 1. The fraction of sp³-hybridized carbons (Fsp3) is 0.333. The van der Waals surface area contributed by atoms with Gasteiger partial charge < -0.3 is 15.2 Å². The third-order valence-corrected chi connectivity index (χ3v) is 12.9. The Kier molecular flexibility index (Phi) is 10.6. The Balaban J connectivity index is 1.16. The molecule has 2 N–H and O–H groups in total. The number of carbonyl (C=O) groups excluding carboxylic acids is 3. The Bertz CT molecular complexity index is 2080. The molecule has 2 aliphatic rings. The molecule has 1 aromatic heterocycles. The molecule has 3 aromatic carbocycles. The van der Waals surface area contributed by atoms with Crippen LogP contribution in [0.1, 0.15) is 90.1 Å². The van der Waals surface area contributed by atoms with Gasteiger partial charge in [-0.05, 0) is 111 Å². The molecule has 0 aliphatic heterocycles. The number of rotatable bonds is 14. The van der Waals surface area contributed by atoms with E-state index in [0.717, 1.165) is 64.4 Å². The van der Waals surface area contributed by atoms with Gasteiger partial charge in [0.25, 0.3) is 5.91 Å². The van der Waals surface area contributed by atoms with Crippen LogP contribution >= 0.6 is 11.3 Å². The second-order valence-electron chi connectivity index (χ2n) is 13.0. The summed E-state index contributed by atoms with van der Waals surface area (Å²) in [5.41, 5.74) is 3.44. The Morgan fingerprint density at radius 1 is 0.902 bits per heavy atom. The molecule has 1 fully saturated rings. The van der Waals surface area contributed by atoms with Crippen molar-refractivity contribution in [1.29, 1.82) is 0 Å². The number of carboxylic acid groups (broad SMARTS) is 1. The van der Waals surface area contributed by atoms with E-state index in [1.165, 1.54) is 36.6 Å². The van der Waals surface area contributed by atoms with E-state index in [2.05, 4.69) is 5.32 Å². The molecule has 266 valence electrons. The molecule has 12 heteroatoms. The minimum atomic E-state index is -4.11. The summed E-state index contributed by atoms with van der Waals surface area (Å²) in [7, 11) is -2.74. The number of carbonyl (C=O) groups is 4. The van der Waals surface area contributed by atoms with Gasteiger partial charge in [0.1, 0.15) is 5.54 Å². The highest BCUT2D eigenvalue weighted by Gasteiger charge is 2.58. The zero-order chi connectivity index (χ0) is 36.3. The van der Waals surface area contributed by atoms with Crippen LogP contribution in [0.3, 0.4) is 0 Å². The van der Waals surface area contributed by atoms with E-state index in [0.29, 0.717) is 29.0 Å². The third-order valence-electron chi connectivity index (χ3n) is 9.70. The number of thiophene rings is 1. The van der Waals surface area contributed by atoms with Crippen molar-refractivity contribution in [1.82, 2.24) is 4.31 Å². The van der Waals surface area contributed by atoms with Crippen LogP contribution in [-0.2, 0) is 51.7 Å². The van der Waals surface area contributed by atoms with Crippen LogP contribution in [0.15, 0.2) is 77.7 Å². The highest BCUT2D eigenvalue weighted by molar-refractivity contribution is 7.89. The zero-order valence-electron chi connectivity index (χ0n) is 28.6. The topological polar surface area (TPSA) is 147 Å². The highest BCUT2D eigenvalue weighted by Crippen LogP contribution is 2.45. The summed E-state index contributed by atoms with van der Waals surface area (Å²) in [4.78, 5) is 52.9. The second-order valence-corrected chi connectivity index (χ2v) is 16.2. The molecular weight excluding hydrogens is 689 g/mol. The van der Waals surface area contributed by atoms with E-state index in [1.54, 1.807) is 25.1 Å². The number of hydrogen-bond acceptors (Lipinski definition) is 8. The first-order valence-corrected chi connectivity index (χ1v) is 19.3. The maximum Gasteiger partial charge on any atom is 0.335 e. The molecule has 10 nitrogen and oxygen atoms in total. The molecule has 0 spiro atoms. The van der Waals surface area contributed by atoms with Crippen LogP contribution in [0.4, 0.5) is 5.69 Å². The molecule has 0 radical (unpaired) electrons. The summed E-state index contributed by atoms with van der Waals surface area (Å²) in [6, 6.07) is 20.3. The predicted molar refractivity (Wildman–Crippen MR) is 194 cm³/mol. The molecule has 2 aliphatic carbocycles. The molecule has 0 unspecified atom stereocenters. The number of ketones is 1. The van der Waals surface area contributed by atoms with Crippen molar-refractivity contribution in [3.05, 3.63) is 116 Å². The van der Waals surface area contributed by atoms with E-state index in [4.69, 9.17) is 9.84 Å². The van der Waals surface area contributed by atoms with Gasteiger partial charge in [0, 0.05) is 34.5 Å². The van der Waals surface area contributed by atoms with Gasteiger partial charge >= 0.3 is 11.9 Å². The van der Waals surface area contributed by atoms with E-state index >= 15 is 0 Å². The summed E-state index contributed by atoms with van der Waals surface area (Å²) >= 11 is 1.48. The number of nitrogens with zero attached hydrogens (tertiary/aromatic N) is 1. The molecule has 0 atom stereocenters. The first kappa shape index (κ1) is 36.2. The number of amides is 1. The number of nitrogens with one attached hydrogen (secondary N) is 1. The highest BCUT2D eigenvalue weighted by atomic mass is 32.2. The molecular formula is C39H40N2O8S2. The van der Waals surface area contributed by atoms with Crippen LogP contribution < -0.4 is 5.32 Å². The molecule has 1 saturated carbocycles. The van der Waals surface area contributed by atoms with Crippen molar-refractivity contribution in [2.24, 2.45) is 0 Å². The largest absolute Gasteiger partial charge is 0.478 e. The smallest absolute Gasteiger partial charge is 0.335 e. The van der Waals surface area contributed by atoms with Crippen molar-refractivity contribution < 1.29 is 37.4 Å². The number of ether oxygens (including phenoxy) is 1. The first-order chi connectivity index (χ1) is 24.4. The van der Waals surface area contributed by atoms with Crippen LogP contribution in [0.2, 0.25) is 0 Å². The standard InChI is InChI=1S/C39H40N2O8S2/c1-3-49-38(46)39(21-22-39)41(2)51(47,48)30-8-6-7-28(23-30)32(42)24-34-35(31-9-4-5-10-33(31)50-34)36(43)40-29-19-15-26(16-20-29)12-11-25-13-17-27(18-14-25)37(44)45/h6-8,13-20,23H,3-5,9-12,21-22,24H2,1-2H3,(H,40,43)(H,44,45). The number of likely N-dealkylation sites (N-methyl/N-ethyl adjacent to an activating group) is 1. The van der Waals surface area contributed by atoms with Crippen LogP contribution in [0.5, 0.6) is 0 Å². The maximum atomic E-state index is 13.8. The van der Waals surface area contributed by atoms with Crippen LogP contribution in [0, 0.1) is 0 Å². The van der Waals surface area contributed by atoms with Gasteiger partial charge in [-0.2, -0.15) is 4.31 Å².